The molecule has 0 N–H and O–H groups in total. The van der Waals surface area contributed by atoms with Crippen LogP contribution in [0.4, 0.5) is 0 Å². The Morgan fingerprint density at radius 2 is 1.69 bits per heavy atom. The molecular weight excluding hydrogens is 470 g/mol. The van der Waals surface area contributed by atoms with Crippen LogP contribution in [0, 0.1) is 0 Å². The number of ether oxygens (including phenoxy) is 1. The van der Waals surface area contributed by atoms with Gasteiger partial charge in [-0.3, -0.25) is 0 Å². The van der Waals surface area contributed by atoms with Gasteiger partial charge in [0, 0.05) is 0 Å². The number of unbranched alkanes of at least 4 members (excludes halogenated alkanes) is 3. The highest BCUT2D eigenvalue weighted by Crippen LogP contribution is 2.40. The van der Waals surface area contributed by atoms with Crippen LogP contribution in [-0.2, 0) is 15.6 Å². The first kappa shape index (κ1) is 27.7. The molecule has 1 aromatic carbocycles. The first-order chi connectivity index (χ1) is 17.1. The van der Waals surface area contributed by atoms with Gasteiger partial charge in [-0.15, -0.1) is 0 Å². The quantitative estimate of drug-likeness (QED) is 0.145. The van der Waals surface area contributed by atoms with E-state index in [1.54, 1.807) is 18.2 Å². The highest BCUT2D eigenvalue weighted by molar-refractivity contribution is 6.74. The van der Waals surface area contributed by atoms with Gasteiger partial charge >= 0.3 is 5.97 Å². The van der Waals surface area contributed by atoms with Gasteiger partial charge in [0.2, 0.25) is 0 Å². The molecule has 0 spiro atoms. The largest absolute Gasteiger partial charge is 0.464 e. The fraction of sp³-hybridized carbons (Fsp3) is 0.500. The van der Waals surface area contributed by atoms with Crippen molar-refractivity contribution >= 4 is 14.3 Å². The Morgan fingerprint density at radius 3 is 2.39 bits per heavy atom. The second-order valence-electron chi connectivity index (χ2n) is 10.7. The fourth-order valence-corrected chi connectivity index (χ4v) is 4.96. The predicted molar refractivity (Wildman–Crippen MR) is 143 cm³/mol. The van der Waals surface area contributed by atoms with Crippen LogP contribution in [0.25, 0.3) is 11.6 Å². The molecule has 1 atom stereocenters. The zero-order chi connectivity index (χ0) is 26.2. The zero-order valence-corrected chi connectivity index (χ0v) is 23.4. The first-order valence-electron chi connectivity index (χ1n) is 12.7. The summed E-state index contributed by atoms with van der Waals surface area (Å²) in [6, 6.07) is 15.7. The van der Waals surface area contributed by atoms with Crippen LogP contribution in [0.15, 0.2) is 53.1 Å². The molecule has 36 heavy (non-hydrogen) atoms. The highest BCUT2D eigenvalue weighted by atomic mass is 28.4. The van der Waals surface area contributed by atoms with E-state index in [-0.39, 0.29) is 22.7 Å². The molecule has 0 radical (unpaired) electrons. The number of methoxy groups -OCH3 is 1. The zero-order valence-electron chi connectivity index (χ0n) is 22.4. The van der Waals surface area contributed by atoms with E-state index in [0.29, 0.717) is 11.5 Å². The second kappa shape index (κ2) is 12.4. The summed E-state index contributed by atoms with van der Waals surface area (Å²) in [4.78, 5) is 20.8. The third-order valence-corrected chi connectivity index (χ3v) is 11.3. The molecular formula is C28H39N3O4Si. The molecule has 0 aliphatic heterocycles. The van der Waals surface area contributed by atoms with Crippen molar-refractivity contribution in [2.75, 3.05) is 7.11 Å². The molecule has 3 aromatic rings. The number of nitrogens with zero attached hydrogens (tertiary/aromatic N) is 3. The fourth-order valence-electron chi connectivity index (χ4n) is 3.67. The number of hydrogen-bond acceptors (Lipinski definition) is 7. The number of esters is 1. The molecule has 0 saturated carbocycles. The molecule has 2 heterocycles. The van der Waals surface area contributed by atoms with Crippen LogP contribution in [-0.4, -0.2) is 36.5 Å². The Kier molecular flexibility index (Phi) is 9.56. The minimum atomic E-state index is -2.07. The predicted octanol–water partition coefficient (Wildman–Crippen LogP) is 7.17. The maximum Gasteiger partial charge on any atom is 0.356 e. The lowest BCUT2D eigenvalue weighted by atomic mass is 10.0. The van der Waals surface area contributed by atoms with E-state index in [2.05, 4.69) is 79.3 Å². The van der Waals surface area contributed by atoms with Gasteiger partial charge in [-0.25, -0.2) is 9.78 Å². The molecule has 0 amide bonds. The van der Waals surface area contributed by atoms with Crippen LogP contribution in [0.1, 0.15) is 80.9 Å². The molecule has 1 unspecified atom stereocenters. The lowest BCUT2D eigenvalue weighted by Crippen LogP contribution is -2.42. The third kappa shape index (κ3) is 7.58. The number of aromatic nitrogens is 3. The van der Waals surface area contributed by atoms with E-state index < -0.39 is 14.3 Å². The summed E-state index contributed by atoms with van der Waals surface area (Å²) in [6.45, 7) is 11.2. The Morgan fingerprint density at radius 1 is 0.972 bits per heavy atom. The number of pyridine rings is 1. The van der Waals surface area contributed by atoms with Gasteiger partial charge in [0.15, 0.2) is 14.1 Å². The number of hydrogen-bond donors (Lipinski definition) is 0. The van der Waals surface area contributed by atoms with Gasteiger partial charge in [0.25, 0.3) is 5.89 Å². The molecule has 0 saturated heterocycles. The summed E-state index contributed by atoms with van der Waals surface area (Å²) in [5.41, 5.74) is 2.02. The van der Waals surface area contributed by atoms with Crippen molar-refractivity contribution in [1.29, 1.82) is 0 Å². The molecule has 0 aliphatic carbocycles. The summed E-state index contributed by atoms with van der Waals surface area (Å²) >= 11 is 0. The summed E-state index contributed by atoms with van der Waals surface area (Å²) in [7, 11) is -0.742. The van der Waals surface area contributed by atoms with Crippen LogP contribution >= 0.6 is 0 Å². The standard InChI is InChI=1S/C28H39N3O4Si/c1-28(2,3)36(5,6)35-24(20-13-8-7-10-15-21-16-11-9-12-17-21)25-30-26(34-31-25)22-18-14-19-23(29-22)27(32)33-4/h9,11-12,14,16-19,24H,7-8,10,13,15,20H2,1-6H3. The molecule has 194 valence electrons. The Labute approximate surface area is 215 Å². The Bertz CT molecular complexity index is 1110. The van der Waals surface area contributed by atoms with E-state index in [9.17, 15) is 4.79 Å². The Hall–Kier alpha value is -2.84. The molecule has 2 aromatic heterocycles. The van der Waals surface area contributed by atoms with E-state index in [1.807, 2.05) is 0 Å². The average molecular weight is 510 g/mol. The average Bonchev–Trinajstić information content (AvgIpc) is 3.35. The number of carbonyl (C=O) groups is 1. The first-order valence-corrected chi connectivity index (χ1v) is 15.6. The van der Waals surface area contributed by atoms with Crippen LogP contribution < -0.4 is 0 Å². The number of rotatable bonds is 12. The van der Waals surface area contributed by atoms with Crippen molar-refractivity contribution in [2.45, 2.75) is 83.5 Å². The van der Waals surface area contributed by atoms with Crippen molar-refractivity contribution in [3.05, 3.63) is 65.6 Å². The Balaban J connectivity index is 1.68. The van der Waals surface area contributed by atoms with Crippen molar-refractivity contribution in [3.8, 4) is 11.6 Å². The topological polar surface area (TPSA) is 87.3 Å². The van der Waals surface area contributed by atoms with Crippen LogP contribution in [0.5, 0.6) is 0 Å². The molecule has 8 heteroatoms. The van der Waals surface area contributed by atoms with Crippen molar-refractivity contribution in [3.63, 3.8) is 0 Å². The third-order valence-electron chi connectivity index (χ3n) is 6.86. The smallest absolute Gasteiger partial charge is 0.356 e. The van der Waals surface area contributed by atoms with Gasteiger partial charge < -0.3 is 13.7 Å². The summed E-state index contributed by atoms with van der Waals surface area (Å²) < 4.78 is 17.1. The van der Waals surface area contributed by atoms with E-state index >= 15 is 0 Å². The van der Waals surface area contributed by atoms with E-state index in [0.717, 1.165) is 25.7 Å². The van der Waals surface area contributed by atoms with Gasteiger partial charge in [0.1, 0.15) is 17.5 Å². The monoisotopic (exact) mass is 509 g/mol. The molecule has 3 rings (SSSR count). The second-order valence-corrected chi connectivity index (χ2v) is 15.4. The summed E-state index contributed by atoms with van der Waals surface area (Å²) in [5, 5.41) is 4.32. The van der Waals surface area contributed by atoms with Crippen LogP contribution in [0.2, 0.25) is 18.1 Å². The highest BCUT2D eigenvalue weighted by Gasteiger charge is 2.40. The summed E-state index contributed by atoms with van der Waals surface area (Å²) in [6.07, 6.45) is 6.17. The van der Waals surface area contributed by atoms with Crippen LogP contribution in [0.3, 0.4) is 0 Å². The van der Waals surface area contributed by atoms with E-state index in [1.165, 1.54) is 25.5 Å². The van der Waals surface area contributed by atoms with Gasteiger partial charge in [-0.1, -0.05) is 81.6 Å². The van der Waals surface area contributed by atoms with Crippen molar-refractivity contribution in [1.82, 2.24) is 15.1 Å². The molecule has 0 fully saturated rings. The normalized spacial score (nSPS) is 12.9. The number of carbonyl (C=O) groups excluding carboxylic acids is 1. The number of aryl methyl sites for hydroxylation is 1. The minimum Gasteiger partial charge on any atom is -0.464 e. The van der Waals surface area contributed by atoms with Crippen molar-refractivity contribution < 1.29 is 18.5 Å². The molecule has 0 aliphatic rings. The maximum absolute atomic E-state index is 11.9. The van der Waals surface area contributed by atoms with E-state index in [4.69, 9.17) is 13.7 Å². The SMILES string of the molecule is COC(=O)c1cccc(-c2nc(C(CCCCCCc3ccccc3)O[Si](C)(C)C(C)(C)C)no2)n1. The molecule has 7 nitrogen and oxygen atoms in total. The van der Waals surface area contributed by atoms with Crippen molar-refractivity contribution in [2.24, 2.45) is 0 Å². The van der Waals surface area contributed by atoms with Gasteiger partial charge in [0.05, 0.1) is 7.11 Å². The maximum atomic E-state index is 11.9. The lowest BCUT2D eigenvalue weighted by molar-refractivity contribution is 0.0594. The summed E-state index contributed by atoms with van der Waals surface area (Å²) in [5.74, 6) is 0.287. The molecule has 0 bridgehead atoms. The number of benzene rings is 1. The minimum absolute atomic E-state index is 0.0594. The lowest BCUT2D eigenvalue weighted by Gasteiger charge is -2.38. The van der Waals surface area contributed by atoms with Gasteiger partial charge in [-0.05, 0) is 55.1 Å². The van der Waals surface area contributed by atoms with Gasteiger partial charge in [-0.2, -0.15) is 4.98 Å².